The van der Waals surface area contributed by atoms with Gasteiger partial charge in [-0.2, -0.15) is 13.2 Å². The Morgan fingerprint density at radius 3 is 2.67 bits per heavy atom. The molecule has 2 aromatic heterocycles. The number of nitrogens with two attached hydrogens (primary N) is 1. The van der Waals surface area contributed by atoms with E-state index in [1.807, 2.05) is 13.0 Å². The number of amides is 1. The van der Waals surface area contributed by atoms with Gasteiger partial charge in [0.15, 0.2) is 23.0 Å². The molecular formula is C26H27F4N7O2. The maximum atomic E-state index is 14.8. The van der Waals surface area contributed by atoms with Gasteiger partial charge in [0.25, 0.3) is 5.91 Å². The lowest BCUT2D eigenvalue weighted by Gasteiger charge is -2.13. The fourth-order valence-electron chi connectivity index (χ4n) is 4.03. The predicted molar refractivity (Wildman–Crippen MR) is 138 cm³/mol. The van der Waals surface area contributed by atoms with Gasteiger partial charge in [-0.05, 0) is 42.3 Å². The molecule has 0 fully saturated rings. The van der Waals surface area contributed by atoms with Crippen molar-refractivity contribution in [3.8, 4) is 17.0 Å². The number of hydrogen-bond donors (Lipinski definition) is 4. The Kier molecular flexibility index (Phi) is 8.94. The molecule has 1 amide bonds. The second-order valence-electron chi connectivity index (χ2n) is 8.38. The summed E-state index contributed by atoms with van der Waals surface area (Å²) in [6, 6.07) is 7.33. The second-order valence-corrected chi connectivity index (χ2v) is 8.38. The highest BCUT2D eigenvalue weighted by atomic mass is 19.3. The third-order valence-electron chi connectivity index (χ3n) is 5.87. The molecule has 2 heterocycles. The molecule has 9 nitrogen and oxygen atoms in total. The number of nitrogens with zero attached hydrogens (tertiary/aromatic N) is 3. The molecule has 0 bridgehead atoms. The molecule has 0 radical (unpaired) electrons. The summed E-state index contributed by atoms with van der Waals surface area (Å²) < 4.78 is 59.5. The highest BCUT2D eigenvalue weighted by molar-refractivity contribution is 5.96. The van der Waals surface area contributed by atoms with Crippen LogP contribution in [-0.2, 0) is 6.42 Å². The van der Waals surface area contributed by atoms with E-state index in [-0.39, 0.29) is 17.2 Å². The molecule has 5 N–H and O–H groups in total. The van der Waals surface area contributed by atoms with Gasteiger partial charge in [0, 0.05) is 55.4 Å². The van der Waals surface area contributed by atoms with Crippen molar-refractivity contribution in [2.45, 2.75) is 20.0 Å². The molecule has 2 aromatic carbocycles. The van der Waals surface area contributed by atoms with Crippen LogP contribution in [0.2, 0.25) is 0 Å². The Balaban J connectivity index is 1.57. The molecule has 0 atom stereocenters. The first-order valence-electron chi connectivity index (χ1n) is 12.2. The van der Waals surface area contributed by atoms with Gasteiger partial charge in [-0.1, -0.05) is 6.92 Å². The zero-order valence-electron chi connectivity index (χ0n) is 21.0. The number of aromatic nitrogens is 3. The van der Waals surface area contributed by atoms with Crippen LogP contribution in [0.5, 0.6) is 5.75 Å². The maximum Gasteiger partial charge on any atom is 0.387 e. The van der Waals surface area contributed by atoms with E-state index in [9.17, 15) is 22.4 Å². The van der Waals surface area contributed by atoms with Crippen molar-refractivity contribution < 1.29 is 27.1 Å². The zero-order valence-corrected chi connectivity index (χ0v) is 21.0. The van der Waals surface area contributed by atoms with E-state index in [1.54, 1.807) is 12.1 Å². The van der Waals surface area contributed by atoms with Gasteiger partial charge in [-0.3, -0.25) is 9.20 Å². The summed E-state index contributed by atoms with van der Waals surface area (Å²) in [5, 5.41) is 9.14. The molecule has 0 saturated heterocycles. The highest BCUT2D eigenvalue weighted by Gasteiger charge is 2.21. The van der Waals surface area contributed by atoms with Crippen molar-refractivity contribution in [3.63, 3.8) is 0 Å². The number of ether oxygens (including phenoxy) is 1. The van der Waals surface area contributed by atoms with Crippen molar-refractivity contribution in [1.82, 2.24) is 25.0 Å². The summed E-state index contributed by atoms with van der Waals surface area (Å²) in [4.78, 5) is 21.3. The second kappa shape index (κ2) is 12.5. The molecule has 0 aliphatic carbocycles. The number of halogens is 4. The van der Waals surface area contributed by atoms with E-state index in [4.69, 9.17) is 5.73 Å². The van der Waals surface area contributed by atoms with Gasteiger partial charge in [0.1, 0.15) is 0 Å². The molecule has 0 unspecified atom stereocenters. The lowest BCUT2D eigenvalue weighted by molar-refractivity contribution is -0.0525. The van der Waals surface area contributed by atoms with Crippen molar-refractivity contribution in [1.29, 1.82) is 0 Å². The number of hydrogen-bond acceptors (Lipinski definition) is 7. The maximum absolute atomic E-state index is 14.8. The van der Waals surface area contributed by atoms with Gasteiger partial charge in [0.05, 0.1) is 11.9 Å². The number of carbonyl (C=O) groups is 1. The highest BCUT2D eigenvalue weighted by Crippen LogP contribution is 2.32. The number of alkyl halides is 2. The summed E-state index contributed by atoms with van der Waals surface area (Å²) >= 11 is 0. The van der Waals surface area contributed by atoms with Crippen LogP contribution in [0.1, 0.15) is 22.8 Å². The van der Waals surface area contributed by atoms with Crippen molar-refractivity contribution >= 4 is 23.1 Å². The topological polar surface area (TPSA) is 119 Å². The summed E-state index contributed by atoms with van der Waals surface area (Å²) in [6.07, 6.45) is 4.88. The smallest absolute Gasteiger partial charge is 0.387 e. The number of fused-ring (bicyclic) bond motifs is 1. The molecule has 0 aliphatic heterocycles. The van der Waals surface area contributed by atoms with Crippen molar-refractivity contribution in [3.05, 3.63) is 71.7 Å². The van der Waals surface area contributed by atoms with E-state index in [0.717, 1.165) is 17.7 Å². The van der Waals surface area contributed by atoms with Crippen LogP contribution in [0.4, 0.5) is 29.1 Å². The van der Waals surface area contributed by atoms with Gasteiger partial charge in [-0.15, -0.1) is 0 Å². The van der Waals surface area contributed by atoms with Crippen LogP contribution in [0.3, 0.4) is 0 Å². The molecule has 0 spiro atoms. The Morgan fingerprint density at radius 1 is 1.10 bits per heavy atom. The largest absolute Gasteiger partial charge is 0.432 e. The summed E-state index contributed by atoms with van der Waals surface area (Å²) in [6.45, 7) is 0.902. The number of nitrogens with one attached hydrogen (secondary N) is 3. The summed E-state index contributed by atoms with van der Waals surface area (Å²) in [5.41, 5.74) is 7.74. The number of carbonyl (C=O) groups excluding carboxylic acids is 1. The molecule has 13 heteroatoms. The Morgan fingerprint density at radius 2 is 1.92 bits per heavy atom. The minimum absolute atomic E-state index is 0.178. The number of imidazole rings is 1. The van der Waals surface area contributed by atoms with Crippen molar-refractivity contribution in [2.24, 2.45) is 5.73 Å². The minimum atomic E-state index is -3.29. The van der Waals surface area contributed by atoms with E-state index in [1.165, 1.54) is 23.0 Å². The monoisotopic (exact) mass is 545 g/mol. The molecule has 4 rings (SSSR count). The quantitative estimate of drug-likeness (QED) is 0.158. The molecular weight excluding hydrogens is 518 g/mol. The SMILES string of the molecule is CCc1cc(Nc2nccn3c(-c4ccc(OC(F)F)c(F)c4F)cnc23)ccc1C(=O)NCCNCCN. The Bertz CT molecular complexity index is 1460. The Hall–Kier alpha value is -4.23. The van der Waals surface area contributed by atoms with Crippen LogP contribution < -0.4 is 26.4 Å². The number of anilines is 2. The summed E-state index contributed by atoms with van der Waals surface area (Å²) in [7, 11) is 0. The van der Waals surface area contributed by atoms with E-state index in [0.29, 0.717) is 55.3 Å². The van der Waals surface area contributed by atoms with E-state index in [2.05, 4.69) is 30.7 Å². The first kappa shape index (κ1) is 27.8. The van der Waals surface area contributed by atoms with Crippen LogP contribution in [-0.4, -0.2) is 53.1 Å². The normalized spacial score (nSPS) is 11.3. The fourth-order valence-corrected chi connectivity index (χ4v) is 4.03. The number of benzene rings is 2. The van der Waals surface area contributed by atoms with E-state index >= 15 is 0 Å². The summed E-state index contributed by atoms with van der Waals surface area (Å²) in [5.74, 6) is -3.63. The van der Waals surface area contributed by atoms with Gasteiger partial charge < -0.3 is 26.4 Å². The van der Waals surface area contributed by atoms with Crippen LogP contribution in [0, 0.1) is 11.6 Å². The van der Waals surface area contributed by atoms with Gasteiger partial charge in [0.2, 0.25) is 5.82 Å². The zero-order chi connectivity index (χ0) is 27.9. The van der Waals surface area contributed by atoms with Gasteiger partial charge in [-0.25, -0.2) is 14.4 Å². The molecule has 39 heavy (non-hydrogen) atoms. The number of aryl methyl sites for hydroxylation is 1. The number of rotatable bonds is 12. The van der Waals surface area contributed by atoms with Crippen LogP contribution >= 0.6 is 0 Å². The average Bonchev–Trinajstić information content (AvgIpc) is 3.36. The molecule has 4 aromatic rings. The third kappa shape index (κ3) is 6.26. The Labute approximate surface area is 221 Å². The molecule has 0 aliphatic rings. The first-order chi connectivity index (χ1) is 18.8. The molecule has 206 valence electrons. The van der Waals surface area contributed by atoms with E-state index < -0.39 is 24.0 Å². The van der Waals surface area contributed by atoms with Gasteiger partial charge >= 0.3 is 6.61 Å². The first-order valence-corrected chi connectivity index (χ1v) is 12.2. The standard InChI is InChI=1S/C26H27F4N7O2/c1-2-15-13-16(3-4-17(15)25(38)34-10-9-32-8-7-31)36-23-24-35-14-19(37(24)12-11-33-23)18-5-6-20(39-26(29)30)22(28)21(18)27/h3-6,11-14,26,32H,2,7-10,31H2,1H3,(H,33,36)(H,34,38). The van der Waals surface area contributed by atoms with Crippen molar-refractivity contribution in [2.75, 3.05) is 31.5 Å². The minimum Gasteiger partial charge on any atom is -0.432 e. The third-order valence-corrected chi connectivity index (χ3v) is 5.87. The fraction of sp³-hybridized carbons (Fsp3) is 0.269. The average molecular weight is 546 g/mol. The lowest BCUT2D eigenvalue weighted by Crippen LogP contribution is -2.34. The predicted octanol–water partition coefficient (Wildman–Crippen LogP) is 3.86. The van der Waals surface area contributed by atoms with Crippen LogP contribution in [0.15, 0.2) is 48.9 Å². The molecule has 0 saturated carbocycles. The lowest BCUT2D eigenvalue weighted by atomic mass is 10.0. The van der Waals surface area contributed by atoms with Crippen LogP contribution in [0.25, 0.3) is 16.9 Å².